The Hall–Kier alpha value is -2.39. The fourth-order valence-corrected chi connectivity index (χ4v) is 3.39. The van der Waals surface area contributed by atoms with Gasteiger partial charge in [0.2, 0.25) is 11.1 Å². The first-order valence-electron chi connectivity index (χ1n) is 7.59. The van der Waals surface area contributed by atoms with Crippen LogP contribution in [0.3, 0.4) is 0 Å². The molecule has 3 rings (SSSR count). The summed E-state index contributed by atoms with van der Waals surface area (Å²) in [5.41, 5.74) is 2.35. The molecule has 0 spiro atoms. The Bertz CT molecular complexity index is 945. The number of halogens is 2. The van der Waals surface area contributed by atoms with Gasteiger partial charge in [-0.1, -0.05) is 27.7 Å². The van der Waals surface area contributed by atoms with Gasteiger partial charge in [0.05, 0.1) is 5.75 Å². The number of aryl methyl sites for hydroxylation is 1. The highest BCUT2D eigenvalue weighted by atomic mass is 79.9. The molecule has 0 atom stereocenters. The van der Waals surface area contributed by atoms with E-state index in [9.17, 15) is 9.18 Å². The molecule has 0 fully saturated rings. The van der Waals surface area contributed by atoms with Gasteiger partial charge >= 0.3 is 0 Å². The van der Waals surface area contributed by atoms with E-state index in [1.807, 2.05) is 25.1 Å². The number of nitrogen functional groups attached to an aromatic ring is 1. The maximum absolute atomic E-state index is 13.0. The number of amides is 1. The SMILES string of the molecule is Cc1cc(Br)ccc1NC(=O)CSc1nnc(-c2ccc(F)cc2)n1N. The standard InChI is InChI=1S/C17H15BrFN5OS/c1-10-8-12(18)4-7-14(10)21-15(25)9-26-17-23-22-16(24(17)20)11-2-5-13(19)6-3-11/h2-8H,9,20H2,1H3,(H,21,25). The summed E-state index contributed by atoms with van der Waals surface area (Å²) in [6.45, 7) is 1.92. The first-order chi connectivity index (χ1) is 12.4. The molecule has 0 saturated carbocycles. The van der Waals surface area contributed by atoms with Crippen LogP contribution in [0, 0.1) is 12.7 Å². The lowest BCUT2D eigenvalue weighted by Crippen LogP contribution is -2.17. The fraction of sp³-hybridized carbons (Fsp3) is 0.118. The smallest absolute Gasteiger partial charge is 0.234 e. The third kappa shape index (κ3) is 4.23. The molecule has 9 heteroatoms. The Labute approximate surface area is 162 Å². The third-order valence-electron chi connectivity index (χ3n) is 3.56. The van der Waals surface area contributed by atoms with Crippen LogP contribution >= 0.6 is 27.7 Å². The maximum Gasteiger partial charge on any atom is 0.234 e. The molecule has 1 amide bonds. The summed E-state index contributed by atoms with van der Waals surface area (Å²) >= 11 is 4.56. The van der Waals surface area contributed by atoms with Gasteiger partial charge in [0.25, 0.3) is 0 Å². The van der Waals surface area contributed by atoms with Crippen molar-refractivity contribution in [3.8, 4) is 11.4 Å². The minimum Gasteiger partial charge on any atom is -0.335 e. The van der Waals surface area contributed by atoms with Gasteiger partial charge in [0, 0.05) is 15.7 Å². The molecule has 0 saturated heterocycles. The molecule has 26 heavy (non-hydrogen) atoms. The summed E-state index contributed by atoms with van der Waals surface area (Å²) in [4.78, 5) is 12.2. The normalized spacial score (nSPS) is 10.7. The topological polar surface area (TPSA) is 85.8 Å². The molecular formula is C17H15BrFN5OS. The molecule has 6 nitrogen and oxygen atoms in total. The number of thioether (sulfide) groups is 1. The van der Waals surface area contributed by atoms with Crippen molar-refractivity contribution in [1.29, 1.82) is 0 Å². The molecule has 1 aromatic heterocycles. The van der Waals surface area contributed by atoms with Crippen molar-refractivity contribution in [3.63, 3.8) is 0 Å². The van der Waals surface area contributed by atoms with Crippen LogP contribution in [0.15, 0.2) is 52.1 Å². The molecule has 1 heterocycles. The van der Waals surface area contributed by atoms with Gasteiger partial charge in [-0.3, -0.25) is 4.79 Å². The quantitative estimate of drug-likeness (QED) is 0.472. The highest BCUT2D eigenvalue weighted by Crippen LogP contribution is 2.23. The average Bonchev–Trinajstić information content (AvgIpc) is 2.97. The summed E-state index contributed by atoms with van der Waals surface area (Å²) in [6, 6.07) is 11.4. The molecule has 134 valence electrons. The maximum atomic E-state index is 13.0. The van der Waals surface area contributed by atoms with E-state index in [1.54, 1.807) is 12.1 Å². The molecule has 3 N–H and O–H groups in total. The Morgan fingerprint density at radius 3 is 2.69 bits per heavy atom. The minimum absolute atomic E-state index is 0.133. The second-order valence-corrected chi connectivity index (χ2v) is 7.34. The Morgan fingerprint density at radius 1 is 1.27 bits per heavy atom. The van der Waals surface area contributed by atoms with Gasteiger partial charge in [0.1, 0.15) is 5.82 Å². The fourth-order valence-electron chi connectivity index (χ4n) is 2.26. The second-order valence-electron chi connectivity index (χ2n) is 5.48. The van der Waals surface area contributed by atoms with Gasteiger partial charge in [0.15, 0.2) is 5.82 Å². The number of nitrogens with zero attached hydrogens (tertiary/aromatic N) is 3. The number of aromatic nitrogens is 3. The lowest BCUT2D eigenvalue weighted by Gasteiger charge is -2.08. The van der Waals surface area contributed by atoms with E-state index in [0.717, 1.165) is 15.7 Å². The van der Waals surface area contributed by atoms with Gasteiger partial charge < -0.3 is 11.2 Å². The highest BCUT2D eigenvalue weighted by Gasteiger charge is 2.14. The van der Waals surface area contributed by atoms with Crippen molar-refractivity contribution in [2.45, 2.75) is 12.1 Å². The monoisotopic (exact) mass is 435 g/mol. The van der Waals surface area contributed by atoms with Crippen molar-refractivity contribution >= 4 is 39.3 Å². The zero-order chi connectivity index (χ0) is 18.7. The lowest BCUT2D eigenvalue weighted by atomic mass is 10.2. The number of hydrogen-bond donors (Lipinski definition) is 2. The average molecular weight is 436 g/mol. The van der Waals surface area contributed by atoms with Crippen molar-refractivity contribution in [2.75, 3.05) is 16.9 Å². The molecular weight excluding hydrogens is 421 g/mol. The molecule has 0 unspecified atom stereocenters. The predicted octanol–water partition coefficient (Wildman–Crippen LogP) is 3.60. The first-order valence-corrected chi connectivity index (χ1v) is 9.37. The summed E-state index contributed by atoms with van der Waals surface area (Å²) < 4.78 is 15.3. The Balaban J connectivity index is 1.64. The number of benzene rings is 2. The zero-order valence-electron chi connectivity index (χ0n) is 13.7. The van der Waals surface area contributed by atoms with E-state index in [2.05, 4.69) is 31.4 Å². The van der Waals surface area contributed by atoms with Crippen LogP contribution < -0.4 is 11.2 Å². The van der Waals surface area contributed by atoms with E-state index in [1.165, 1.54) is 28.6 Å². The molecule has 0 aliphatic carbocycles. The molecule has 0 bridgehead atoms. The lowest BCUT2D eigenvalue weighted by molar-refractivity contribution is -0.113. The van der Waals surface area contributed by atoms with E-state index >= 15 is 0 Å². The first kappa shape index (κ1) is 18.4. The van der Waals surface area contributed by atoms with Crippen molar-refractivity contribution in [2.24, 2.45) is 0 Å². The minimum atomic E-state index is -0.341. The summed E-state index contributed by atoms with van der Waals surface area (Å²) in [6.07, 6.45) is 0. The number of anilines is 1. The number of carbonyl (C=O) groups is 1. The van der Waals surface area contributed by atoms with Crippen molar-refractivity contribution in [1.82, 2.24) is 14.9 Å². The van der Waals surface area contributed by atoms with Gasteiger partial charge in [-0.15, -0.1) is 10.2 Å². The van der Waals surface area contributed by atoms with E-state index < -0.39 is 0 Å². The van der Waals surface area contributed by atoms with Crippen molar-refractivity contribution in [3.05, 3.63) is 58.3 Å². The van der Waals surface area contributed by atoms with Crippen LogP contribution in [0.25, 0.3) is 11.4 Å². The van der Waals surface area contributed by atoms with Gasteiger partial charge in [-0.2, -0.15) is 0 Å². The van der Waals surface area contributed by atoms with Crippen molar-refractivity contribution < 1.29 is 9.18 Å². The van der Waals surface area contributed by atoms with Crippen LogP contribution in [-0.4, -0.2) is 26.5 Å². The van der Waals surface area contributed by atoms with E-state index in [4.69, 9.17) is 5.84 Å². The van der Waals surface area contributed by atoms with E-state index in [-0.39, 0.29) is 17.5 Å². The summed E-state index contributed by atoms with van der Waals surface area (Å²) in [5, 5.41) is 11.2. The molecule has 2 aromatic carbocycles. The molecule has 0 radical (unpaired) electrons. The summed E-state index contributed by atoms with van der Waals surface area (Å²) in [7, 11) is 0. The summed E-state index contributed by atoms with van der Waals surface area (Å²) in [5.74, 6) is 6.01. The number of nitrogens with two attached hydrogens (primary N) is 1. The number of hydrogen-bond acceptors (Lipinski definition) is 5. The molecule has 3 aromatic rings. The number of carbonyl (C=O) groups excluding carboxylic acids is 1. The number of nitrogens with one attached hydrogen (secondary N) is 1. The number of rotatable bonds is 5. The van der Waals surface area contributed by atoms with Crippen LogP contribution in [0.4, 0.5) is 10.1 Å². The zero-order valence-corrected chi connectivity index (χ0v) is 16.1. The molecule has 0 aliphatic heterocycles. The van der Waals surface area contributed by atoms with Gasteiger partial charge in [-0.05, 0) is 55.0 Å². The second kappa shape index (κ2) is 7.88. The van der Waals surface area contributed by atoms with Crippen LogP contribution in [0.2, 0.25) is 0 Å². The van der Waals surface area contributed by atoms with Crippen LogP contribution in [-0.2, 0) is 4.79 Å². The highest BCUT2D eigenvalue weighted by molar-refractivity contribution is 9.10. The molecule has 0 aliphatic rings. The van der Waals surface area contributed by atoms with E-state index in [0.29, 0.717) is 16.5 Å². The van der Waals surface area contributed by atoms with Crippen LogP contribution in [0.5, 0.6) is 0 Å². The van der Waals surface area contributed by atoms with Gasteiger partial charge in [-0.25, -0.2) is 9.07 Å². The largest absolute Gasteiger partial charge is 0.335 e. The van der Waals surface area contributed by atoms with Crippen LogP contribution in [0.1, 0.15) is 5.56 Å². The third-order valence-corrected chi connectivity index (χ3v) is 5.00. The Morgan fingerprint density at radius 2 is 2.00 bits per heavy atom. The predicted molar refractivity (Wildman–Crippen MR) is 104 cm³/mol. The Kier molecular flexibility index (Phi) is 5.58.